The third-order valence-corrected chi connectivity index (χ3v) is 2.95. The van der Waals surface area contributed by atoms with Crippen molar-refractivity contribution in [3.8, 4) is 0 Å². The van der Waals surface area contributed by atoms with E-state index in [-0.39, 0.29) is 24.3 Å². The summed E-state index contributed by atoms with van der Waals surface area (Å²) < 4.78 is 9.92. The molecule has 0 aliphatic heterocycles. The first-order valence-electron chi connectivity index (χ1n) is 6.31. The zero-order valence-electron chi connectivity index (χ0n) is 11.1. The number of nitrogens with one attached hydrogen (secondary N) is 2. The lowest BCUT2D eigenvalue weighted by Crippen LogP contribution is -2.36. The fourth-order valence-corrected chi connectivity index (χ4v) is 1.65. The fraction of sp³-hybridized carbons (Fsp3) is 0.538. The van der Waals surface area contributed by atoms with Gasteiger partial charge in [-0.25, -0.2) is 4.79 Å². The molecule has 6 heteroatoms. The van der Waals surface area contributed by atoms with Crippen LogP contribution in [0.4, 0.5) is 0 Å². The van der Waals surface area contributed by atoms with Crippen LogP contribution in [0.25, 0.3) is 0 Å². The smallest absolute Gasteiger partial charge is 0.373 e. The summed E-state index contributed by atoms with van der Waals surface area (Å²) in [7, 11) is 1.30. The van der Waals surface area contributed by atoms with Crippen molar-refractivity contribution < 1.29 is 18.7 Å². The summed E-state index contributed by atoms with van der Waals surface area (Å²) >= 11 is 0. The minimum absolute atomic E-state index is 0.0194. The molecule has 1 fully saturated rings. The van der Waals surface area contributed by atoms with Gasteiger partial charge < -0.3 is 14.5 Å². The van der Waals surface area contributed by atoms with Crippen LogP contribution in [0.15, 0.2) is 16.5 Å². The van der Waals surface area contributed by atoms with E-state index in [0.717, 1.165) is 12.8 Å². The molecule has 0 bridgehead atoms. The standard InChI is InChI=1S/C13H18N2O4/c1-8(14-7-12(16)15-9-3-4-9)10-5-6-11(19-10)13(17)18-2/h5-6,8-9,14H,3-4,7H2,1-2H3,(H,15,16). The predicted molar refractivity (Wildman–Crippen MR) is 67.6 cm³/mol. The van der Waals surface area contributed by atoms with Crippen molar-refractivity contribution in [2.24, 2.45) is 0 Å². The molecule has 1 aliphatic carbocycles. The highest BCUT2D eigenvalue weighted by Crippen LogP contribution is 2.19. The van der Waals surface area contributed by atoms with Gasteiger partial charge in [0.15, 0.2) is 0 Å². The Labute approximate surface area is 111 Å². The number of methoxy groups -OCH3 is 1. The molecule has 1 aromatic rings. The second-order valence-electron chi connectivity index (χ2n) is 4.64. The number of hydrogen-bond donors (Lipinski definition) is 2. The van der Waals surface area contributed by atoms with Gasteiger partial charge in [0, 0.05) is 6.04 Å². The Morgan fingerprint density at radius 1 is 1.47 bits per heavy atom. The number of rotatable bonds is 6. The molecule has 104 valence electrons. The van der Waals surface area contributed by atoms with Crippen molar-refractivity contribution in [3.05, 3.63) is 23.7 Å². The summed E-state index contributed by atoms with van der Waals surface area (Å²) in [4.78, 5) is 22.8. The molecular formula is C13H18N2O4. The van der Waals surface area contributed by atoms with E-state index in [9.17, 15) is 9.59 Å². The molecule has 0 radical (unpaired) electrons. The zero-order chi connectivity index (χ0) is 13.8. The summed E-state index contributed by atoms with van der Waals surface area (Å²) in [5.41, 5.74) is 0. The molecule has 1 heterocycles. The maximum absolute atomic E-state index is 11.5. The highest BCUT2D eigenvalue weighted by molar-refractivity contribution is 5.86. The number of esters is 1. The maximum Gasteiger partial charge on any atom is 0.373 e. The Bertz CT molecular complexity index is 465. The fourth-order valence-electron chi connectivity index (χ4n) is 1.65. The Kier molecular flexibility index (Phi) is 4.21. The second-order valence-corrected chi connectivity index (χ2v) is 4.64. The highest BCUT2D eigenvalue weighted by Gasteiger charge is 2.23. The molecule has 0 spiro atoms. The van der Waals surface area contributed by atoms with E-state index >= 15 is 0 Å². The summed E-state index contributed by atoms with van der Waals surface area (Å²) in [6, 6.07) is 3.47. The topological polar surface area (TPSA) is 80.6 Å². The van der Waals surface area contributed by atoms with Crippen LogP contribution >= 0.6 is 0 Å². The molecule has 1 atom stereocenters. The third kappa shape index (κ3) is 3.82. The van der Waals surface area contributed by atoms with Crippen molar-refractivity contribution in [1.82, 2.24) is 10.6 Å². The maximum atomic E-state index is 11.5. The second kappa shape index (κ2) is 5.88. The number of hydrogen-bond acceptors (Lipinski definition) is 5. The molecule has 6 nitrogen and oxygen atoms in total. The molecule has 1 amide bonds. The normalized spacial score (nSPS) is 15.9. The van der Waals surface area contributed by atoms with E-state index in [1.54, 1.807) is 12.1 Å². The van der Waals surface area contributed by atoms with Gasteiger partial charge in [-0.15, -0.1) is 0 Å². The number of ether oxygens (including phenoxy) is 1. The Morgan fingerprint density at radius 2 is 2.21 bits per heavy atom. The quantitative estimate of drug-likeness (QED) is 0.751. The molecule has 0 aromatic carbocycles. The van der Waals surface area contributed by atoms with Gasteiger partial charge in [0.05, 0.1) is 19.7 Å². The van der Waals surface area contributed by atoms with E-state index in [1.807, 2.05) is 6.92 Å². The molecule has 1 unspecified atom stereocenters. The Hall–Kier alpha value is -1.82. The van der Waals surface area contributed by atoms with E-state index in [4.69, 9.17) is 4.42 Å². The van der Waals surface area contributed by atoms with Crippen LogP contribution < -0.4 is 10.6 Å². The largest absolute Gasteiger partial charge is 0.463 e. The van der Waals surface area contributed by atoms with E-state index < -0.39 is 5.97 Å². The average molecular weight is 266 g/mol. The Morgan fingerprint density at radius 3 is 2.84 bits per heavy atom. The van der Waals surface area contributed by atoms with Crippen LogP contribution in [-0.2, 0) is 9.53 Å². The summed E-state index contributed by atoms with van der Waals surface area (Å²) in [5, 5.41) is 5.93. The number of carbonyl (C=O) groups is 2. The predicted octanol–water partition coefficient (Wildman–Crippen LogP) is 0.995. The van der Waals surface area contributed by atoms with Gasteiger partial charge >= 0.3 is 5.97 Å². The molecule has 2 N–H and O–H groups in total. The summed E-state index contributed by atoms with van der Waals surface area (Å²) in [6.07, 6.45) is 2.14. The highest BCUT2D eigenvalue weighted by atomic mass is 16.5. The van der Waals surface area contributed by atoms with Crippen molar-refractivity contribution in [2.75, 3.05) is 13.7 Å². The van der Waals surface area contributed by atoms with Gasteiger partial charge in [0.1, 0.15) is 5.76 Å². The summed E-state index contributed by atoms with van der Waals surface area (Å²) in [5.74, 6) is 0.229. The van der Waals surface area contributed by atoms with Crippen molar-refractivity contribution in [1.29, 1.82) is 0 Å². The van der Waals surface area contributed by atoms with Crippen LogP contribution in [0, 0.1) is 0 Å². The molecule has 1 saturated carbocycles. The first-order valence-corrected chi connectivity index (χ1v) is 6.31. The zero-order valence-corrected chi connectivity index (χ0v) is 11.1. The van der Waals surface area contributed by atoms with Crippen molar-refractivity contribution >= 4 is 11.9 Å². The molecular weight excluding hydrogens is 248 g/mol. The minimum Gasteiger partial charge on any atom is -0.463 e. The third-order valence-electron chi connectivity index (χ3n) is 2.95. The van der Waals surface area contributed by atoms with Crippen LogP contribution in [0.2, 0.25) is 0 Å². The van der Waals surface area contributed by atoms with Crippen molar-refractivity contribution in [2.45, 2.75) is 31.8 Å². The monoisotopic (exact) mass is 266 g/mol. The van der Waals surface area contributed by atoms with Crippen molar-refractivity contribution in [3.63, 3.8) is 0 Å². The van der Waals surface area contributed by atoms with Crippen LogP contribution in [-0.4, -0.2) is 31.6 Å². The number of amides is 1. The van der Waals surface area contributed by atoms with Gasteiger partial charge in [0.25, 0.3) is 0 Å². The van der Waals surface area contributed by atoms with Crippen LogP contribution in [0.3, 0.4) is 0 Å². The molecule has 1 aromatic heterocycles. The Balaban J connectivity index is 1.81. The van der Waals surface area contributed by atoms with Crippen LogP contribution in [0.1, 0.15) is 42.1 Å². The van der Waals surface area contributed by atoms with Gasteiger partial charge in [0.2, 0.25) is 11.7 Å². The molecule has 1 aliphatic rings. The summed E-state index contributed by atoms with van der Waals surface area (Å²) in [6.45, 7) is 2.09. The molecule has 19 heavy (non-hydrogen) atoms. The minimum atomic E-state index is -0.509. The van der Waals surface area contributed by atoms with Crippen LogP contribution in [0.5, 0.6) is 0 Å². The lowest BCUT2D eigenvalue weighted by molar-refractivity contribution is -0.120. The molecule has 2 rings (SSSR count). The lowest BCUT2D eigenvalue weighted by Gasteiger charge is -2.11. The number of carbonyl (C=O) groups excluding carboxylic acids is 2. The average Bonchev–Trinajstić information content (AvgIpc) is 3.07. The SMILES string of the molecule is COC(=O)c1ccc(C(C)NCC(=O)NC2CC2)o1. The van der Waals surface area contributed by atoms with Gasteiger partial charge in [-0.05, 0) is 31.9 Å². The van der Waals surface area contributed by atoms with E-state index in [1.165, 1.54) is 7.11 Å². The first kappa shape index (κ1) is 13.6. The van der Waals surface area contributed by atoms with Gasteiger partial charge in [-0.3, -0.25) is 10.1 Å². The lowest BCUT2D eigenvalue weighted by atomic mass is 10.2. The van der Waals surface area contributed by atoms with Gasteiger partial charge in [-0.2, -0.15) is 0 Å². The number of furan rings is 1. The van der Waals surface area contributed by atoms with Gasteiger partial charge in [-0.1, -0.05) is 0 Å². The van der Waals surface area contributed by atoms with E-state index in [0.29, 0.717) is 11.8 Å². The molecule has 0 saturated heterocycles. The van der Waals surface area contributed by atoms with E-state index in [2.05, 4.69) is 15.4 Å². The first-order chi connectivity index (χ1) is 9.10.